The van der Waals surface area contributed by atoms with Gasteiger partial charge in [0, 0.05) is 7.14 Å². The summed E-state index contributed by atoms with van der Waals surface area (Å²) in [6, 6.07) is 9.39. The lowest BCUT2D eigenvalue weighted by molar-refractivity contribution is -0.289. The fourth-order valence-electron chi connectivity index (χ4n) is 2.45. The molecule has 23 heavy (non-hydrogen) atoms. The summed E-state index contributed by atoms with van der Waals surface area (Å²) in [6.45, 7) is 0. The molecule has 0 aliphatic carbocycles. The zero-order chi connectivity index (χ0) is 17.5. The predicted molar refractivity (Wildman–Crippen MR) is 91.2 cm³/mol. The summed E-state index contributed by atoms with van der Waals surface area (Å²) in [5, 5.41) is 0. The standard InChI is InChI=1S/C15H8F6I2/c16-14(17,18)13(15(19,20)21,9-5-1-3-7-11(9)22)10-6-2-4-8-12(10)23/h1-8H. The van der Waals surface area contributed by atoms with Crippen LogP contribution >= 0.6 is 45.2 Å². The molecule has 124 valence electrons. The van der Waals surface area contributed by atoms with Crippen molar-refractivity contribution in [3.8, 4) is 0 Å². The van der Waals surface area contributed by atoms with Crippen molar-refractivity contribution in [1.29, 1.82) is 0 Å². The summed E-state index contributed by atoms with van der Waals surface area (Å²) in [5.41, 5.74) is -5.70. The molecule has 0 bridgehead atoms. The second-order valence-corrected chi connectivity index (χ2v) is 7.03. The molecule has 0 saturated carbocycles. The topological polar surface area (TPSA) is 0 Å². The third-order valence-electron chi connectivity index (χ3n) is 3.41. The summed E-state index contributed by atoms with van der Waals surface area (Å²) >= 11 is 3.00. The molecule has 0 radical (unpaired) electrons. The van der Waals surface area contributed by atoms with E-state index in [1.54, 1.807) is 0 Å². The van der Waals surface area contributed by atoms with Gasteiger partial charge in [0.15, 0.2) is 0 Å². The van der Waals surface area contributed by atoms with Crippen LogP contribution < -0.4 is 0 Å². The Labute approximate surface area is 155 Å². The number of benzene rings is 2. The maximum absolute atomic E-state index is 13.9. The third kappa shape index (κ3) is 3.08. The van der Waals surface area contributed by atoms with Crippen molar-refractivity contribution < 1.29 is 26.3 Å². The van der Waals surface area contributed by atoms with Gasteiger partial charge < -0.3 is 0 Å². The van der Waals surface area contributed by atoms with Crippen molar-refractivity contribution >= 4 is 45.2 Å². The van der Waals surface area contributed by atoms with Gasteiger partial charge in [-0.05, 0) is 68.4 Å². The first-order valence-corrected chi connectivity index (χ1v) is 8.32. The van der Waals surface area contributed by atoms with E-state index in [9.17, 15) is 26.3 Å². The van der Waals surface area contributed by atoms with Gasteiger partial charge in [-0.25, -0.2) is 0 Å². The van der Waals surface area contributed by atoms with Gasteiger partial charge in [-0.3, -0.25) is 0 Å². The van der Waals surface area contributed by atoms with Crippen molar-refractivity contribution in [3.63, 3.8) is 0 Å². The van der Waals surface area contributed by atoms with E-state index in [0.717, 1.165) is 12.1 Å². The highest BCUT2D eigenvalue weighted by Gasteiger charge is 2.73. The van der Waals surface area contributed by atoms with Gasteiger partial charge >= 0.3 is 12.4 Å². The molecule has 0 aliphatic rings. The van der Waals surface area contributed by atoms with Gasteiger partial charge in [-0.2, -0.15) is 26.3 Å². The lowest BCUT2D eigenvalue weighted by atomic mass is 9.73. The molecular weight excluding hydrogens is 548 g/mol. The molecule has 0 spiro atoms. The average molecular weight is 556 g/mol. The van der Waals surface area contributed by atoms with E-state index in [0.29, 0.717) is 0 Å². The maximum Gasteiger partial charge on any atom is 0.411 e. The largest absolute Gasteiger partial charge is 0.411 e. The molecular formula is C15H8F6I2. The molecule has 2 rings (SSSR count). The van der Waals surface area contributed by atoms with Crippen molar-refractivity contribution in [2.24, 2.45) is 0 Å². The minimum Gasteiger partial charge on any atom is -0.169 e. The minimum absolute atomic E-state index is 0.0978. The van der Waals surface area contributed by atoms with Crippen LogP contribution in [0.3, 0.4) is 0 Å². The fraction of sp³-hybridized carbons (Fsp3) is 0.200. The number of hydrogen-bond acceptors (Lipinski definition) is 0. The van der Waals surface area contributed by atoms with Crippen LogP contribution in [0.15, 0.2) is 48.5 Å². The second-order valence-electron chi connectivity index (χ2n) is 4.71. The van der Waals surface area contributed by atoms with E-state index in [2.05, 4.69) is 0 Å². The van der Waals surface area contributed by atoms with Gasteiger partial charge in [0.2, 0.25) is 5.41 Å². The lowest BCUT2D eigenvalue weighted by Crippen LogP contribution is -2.55. The van der Waals surface area contributed by atoms with E-state index < -0.39 is 28.9 Å². The summed E-state index contributed by atoms with van der Waals surface area (Å²) in [5.74, 6) is 0. The van der Waals surface area contributed by atoms with Crippen LogP contribution in [0.2, 0.25) is 0 Å². The molecule has 2 aromatic rings. The van der Waals surface area contributed by atoms with Crippen LogP contribution in [0.25, 0.3) is 0 Å². The molecule has 0 nitrogen and oxygen atoms in total. The Hall–Kier alpha value is -0.520. The summed E-state index contributed by atoms with van der Waals surface area (Å²) in [7, 11) is 0. The lowest BCUT2D eigenvalue weighted by Gasteiger charge is -2.39. The first-order chi connectivity index (χ1) is 10.5. The Morgan fingerprint density at radius 2 is 0.870 bits per heavy atom. The quantitative estimate of drug-likeness (QED) is 0.301. The SMILES string of the molecule is FC(F)(F)C(c1ccccc1I)(c1ccccc1I)C(F)(F)F. The summed E-state index contributed by atoms with van der Waals surface area (Å²) < 4.78 is 83.1. The molecule has 0 amide bonds. The third-order valence-corrected chi connectivity index (χ3v) is 5.29. The van der Waals surface area contributed by atoms with E-state index in [1.807, 2.05) is 0 Å². The number of rotatable bonds is 2. The molecule has 0 atom stereocenters. The van der Waals surface area contributed by atoms with Crippen LogP contribution in [0.5, 0.6) is 0 Å². The van der Waals surface area contributed by atoms with E-state index in [1.165, 1.54) is 81.6 Å². The smallest absolute Gasteiger partial charge is 0.169 e. The average Bonchev–Trinajstić information content (AvgIpc) is 2.40. The zero-order valence-electron chi connectivity index (χ0n) is 11.1. The van der Waals surface area contributed by atoms with Crippen molar-refractivity contribution in [2.75, 3.05) is 0 Å². The number of halogens is 8. The van der Waals surface area contributed by atoms with Crippen molar-refractivity contribution in [1.82, 2.24) is 0 Å². The summed E-state index contributed by atoms with van der Waals surface area (Å²) in [4.78, 5) is 0. The Kier molecular flexibility index (Phi) is 5.25. The summed E-state index contributed by atoms with van der Waals surface area (Å²) in [6.07, 6.45) is -11.1. The maximum atomic E-state index is 13.9. The molecule has 0 aliphatic heterocycles. The number of hydrogen-bond donors (Lipinski definition) is 0. The highest BCUT2D eigenvalue weighted by molar-refractivity contribution is 14.1. The van der Waals surface area contributed by atoms with Gasteiger partial charge in [0.25, 0.3) is 0 Å². The normalized spacial score (nSPS) is 13.2. The molecule has 0 saturated heterocycles. The van der Waals surface area contributed by atoms with Gasteiger partial charge in [0.1, 0.15) is 0 Å². The predicted octanol–water partition coefficient (Wildman–Crippen LogP) is 6.31. The molecule has 8 heteroatoms. The Morgan fingerprint density at radius 3 is 1.13 bits per heavy atom. The van der Waals surface area contributed by atoms with E-state index in [-0.39, 0.29) is 7.14 Å². The second kappa shape index (κ2) is 6.41. The molecule has 2 aromatic carbocycles. The minimum atomic E-state index is -5.55. The highest BCUT2D eigenvalue weighted by Crippen LogP contribution is 2.57. The van der Waals surface area contributed by atoms with Crippen LogP contribution in [-0.2, 0) is 5.41 Å². The van der Waals surface area contributed by atoms with Crippen LogP contribution in [0, 0.1) is 7.14 Å². The molecule has 0 aromatic heterocycles. The number of alkyl halides is 6. The first-order valence-electron chi connectivity index (χ1n) is 6.17. The van der Waals surface area contributed by atoms with E-state index in [4.69, 9.17) is 0 Å². The van der Waals surface area contributed by atoms with Crippen molar-refractivity contribution in [3.05, 3.63) is 66.8 Å². The molecule has 0 fully saturated rings. The first kappa shape index (κ1) is 18.8. The van der Waals surface area contributed by atoms with Gasteiger partial charge in [-0.15, -0.1) is 0 Å². The van der Waals surface area contributed by atoms with Crippen LogP contribution in [-0.4, -0.2) is 12.4 Å². The van der Waals surface area contributed by atoms with Gasteiger partial charge in [0.05, 0.1) is 0 Å². The monoisotopic (exact) mass is 556 g/mol. The van der Waals surface area contributed by atoms with Crippen LogP contribution in [0.1, 0.15) is 11.1 Å². The van der Waals surface area contributed by atoms with Gasteiger partial charge in [-0.1, -0.05) is 36.4 Å². The molecule has 0 unspecified atom stereocenters. The van der Waals surface area contributed by atoms with Crippen LogP contribution in [0.4, 0.5) is 26.3 Å². The zero-order valence-corrected chi connectivity index (χ0v) is 15.5. The molecule has 0 heterocycles. The molecule has 0 N–H and O–H groups in total. The Balaban J connectivity index is 3.01. The van der Waals surface area contributed by atoms with E-state index >= 15 is 0 Å². The Bertz CT molecular complexity index is 644. The highest BCUT2D eigenvalue weighted by atomic mass is 127. The van der Waals surface area contributed by atoms with Crippen molar-refractivity contribution in [2.45, 2.75) is 17.8 Å². The fourth-order valence-corrected chi connectivity index (χ4v) is 4.03. The Morgan fingerprint density at radius 1 is 0.565 bits per heavy atom.